The molecule has 2 aliphatic rings. The number of fused-ring (bicyclic) bond motifs is 2. The third-order valence-electron chi connectivity index (χ3n) is 11.3. The van der Waals surface area contributed by atoms with Gasteiger partial charge in [0.25, 0.3) is 0 Å². The Balaban J connectivity index is 0.00000114. The Morgan fingerprint density at radius 3 is 1.36 bits per heavy atom. The van der Waals surface area contributed by atoms with E-state index in [-0.39, 0.29) is 99.9 Å². The Hall–Kier alpha value is -3.16. The number of carbonyl (C=O) groups is 4. The predicted molar refractivity (Wildman–Crippen MR) is 281 cm³/mol. The number of nitrogens with two attached hydrogens (primary N) is 1. The Labute approximate surface area is 443 Å². The number of benzene rings is 2. The predicted octanol–water partition coefficient (Wildman–Crippen LogP) is 7.51. The monoisotopic (exact) mass is 1190 g/mol. The van der Waals surface area contributed by atoms with Crippen LogP contribution in [0.25, 0.3) is 22.8 Å². The minimum Gasteiger partial charge on any atom is -0.481 e. The van der Waals surface area contributed by atoms with Gasteiger partial charge in [0.15, 0.2) is 11.6 Å². The number of carboxylic acids is 1. The molecule has 4 N–H and O–H groups in total. The molecule has 4 aromatic rings. The average Bonchev–Trinajstić information content (AvgIpc) is 3.60. The van der Waals surface area contributed by atoms with Gasteiger partial charge in [0, 0.05) is 87.3 Å². The van der Waals surface area contributed by atoms with Crippen LogP contribution in [0.15, 0.2) is 60.7 Å². The van der Waals surface area contributed by atoms with Gasteiger partial charge in [-0.15, -0.1) is 0 Å². The number of nitrogens with one attached hydrogen (secondary N) is 1. The third kappa shape index (κ3) is 18.3. The molecule has 0 aliphatic carbocycles. The van der Waals surface area contributed by atoms with Crippen molar-refractivity contribution in [2.45, 2.75) is 133 Å². The molecular formula is C50H80BN8O5S2U. The molecule has 1 radical (unpaired) electrons. The zero-order valence-corrected chi connectivity index (χ0v) is 48.2. The van der Waals surface area contributed by atoms with Gasteiger partial charge in [-0.2, -0.15) is 27.0 Å². The third-order valence-corrected chi connectivity index (χ3v) is 11.3. The summed E-state index contributed by atoms with van der Waals surface area (Å²) < 4.78 is 15.8. The van der Waals surface area contributed by atoms with Crippen LogP contribution in [0.1, 0.15) is 127 Å². The van der Waals surface area contributed by atoms with Gasteiger partial charge in [0.2, 0.25) is 5.91 Å². The Morgan fingerprint density at radius 1 is 0.701 bits per heavy atom. The zero-order valence-electron chi connectivity index (χ0n) is 44.1. The molecule has 0 spiro atoms. The molecular weight excluding hydrogens is 1110 g/mol. The van der Waals surface area contributed by atoms with Gasteiger partial charge in [-0.3, -0.25) is 19.2 Å². The summed E-state index contributed by atoms with van der Waals surface area (Å²) in [5.74, 6) is -0.786. The van der Waals surface area contributed by atoms with Crippen LogP contribution < -0.4 is 11.1 Å². The first-order chi connectivity index (χ1) is 30.9. The van der Waals surface area contributed by atoms with E-state index in [2.05, 4.69) is 31.3 Å². The molecule has 2 aromatic carbocycles. The van der Waals surface area contributed by atoms with E-state index in [1.165, 1.54) is 0 Å². The summed E-state index contributed by atoms with van der Waals surface area (Å²) >= 11 is 0. The van der Waals surface area contributed by atoms with Gasteiger partial charge in [0.1, 0.15) is 23.0 Å². The van der Waals surface area contributed by atoms with Crippen molar-refractivity contribution in [2.24, 2.45) is 28.4 Å². The number of aromatic nitrogens is 4. The molecule has 369 valence electrons. The molecule has 0 fully saturated rings. The smallest absolute Gasteiger partial charge is 0.307 e. The topological polar surface area (TPSA) is 169 Å². The molecule has 0 saturated heterocycles. The van der Waals surface area contributed by atoms with E-state index in [9.17, 15) is 24.3 Å². The number of nitrogens with zero attached hydrogens (tertiary/aromatic N) is 6. The van der Waals surface area contributed by atoms with Crippen LogP contribution in [0.4, 0.5) is 0 Å². The van der Waals surface area contributed by atoms with E-state index in [0.717, 1.165) is 73.2 Å². The Morgan fingerprint density at radius 2 is 1.04 bits per heavy atom. The maximum absolute atomic E-state index is 13.6. The molecule has 2 aliphatic heterocycles. The maximum Gasteiger partial charge on any atom is 0.307 e. The number of aliphatic carboxylic acids is 1. The second kappa shape index (κ2) is 28.5. The van der Waals surface area contributed by atoms with Gasteiger partial charge < -0.3 is 35.1 Å². The van der Waals surface area contributed by atoms with Crippen molar-refractivity contribution in [3.8, 4) is 22.8 Å². The van der Waals surface area contributed by atoms with Crippen molar-refractivity contribution in [1.82, 2.24) is 34.2 Å². The fourth-order valence-corrected chi connectivity index (χ4v) is 8.01. The number of rotatable bonds is 11. The van der Waals surface area contributed by atoms with Crippen molar-refractivity contribution in [1.29, 1.82) is 2.67 Å². The fourth-order valence-electron chi connectivity index (χ4n) is 8.01. The van der Waals surface area contributed by atoms with Crippen molar-refractivity contribution in [2.75, 3.05) is 27.2 Å². The summed E-state index contributed by atoms with van der Waals surface area (Å²) in [5, 5.41) is 12.6. The average molecular weight is 1190 g/mol. The van der Waals surface area contributed by atoms with E-state index < -0.39 is 23.2 Å². The Kier molecular flexibility index (Phi) is 25.5. The van der Waals surface area contributed by atoms with Gasteiger partial charge in [-0.25, -0.2) is 9.97 Å². The number of amides is 1. The largest absolute Gasteiger partial charge is 0.481 e. The number of imidazole rings is 2. The normalized spacial score (nSPS) is 15.0. The van der Waals surface area contributed by atoms with E-state index >= 15 is 0 Å². The van der Waals surface area contributed by atoms with Crippen LogP contribution in [-0.4, -0.2) is 108 Å². The van der Waals surface area contributed by atoms with Crippen molar-refractivity contribution < 1.29 is 55.4 Å². The van der Waals surface area contributed by atoms with E-state index in [0.29, 0.717) is 38.9 Å². The summed E-state index contributed by atoms with van der Waals surface area (Å²) in [5.41, 5.74) is 9.04. The molecule has 67 heavy (non-hydrogen) atoms. The molecule has 4 heterocycles. The fraction of sp³-hybridized carbons (Fsp3) is 0.560. The number of Topliss-reactive ketones (excluding diaryl/α,β-unsaturated/α-hetero) is 2. The minimum atomic E-state index is -0.938. The molecule has 2 aromatic heterocycles. The first kappa shape index (κ1) is 60.0. The first-order valence-electron chi connectivity index (χ1n) is 23.7. The minimum absolute atomic E-state index is 0. The van der Waals surface area contributed by atoms with Gasteiger partial charge >= 0.3 is 5.97 Å². The first-order valence-corrected chi connectivity index (χ1v) is 22.5. The second-order valence-electron chi connectivity index (χ2n) is 20.0. The van der Waals surface area contributed by atoms with E-state index in [1.54, 1.807) is 0 Å². The van der Waals surface area contributed by atoms with Crippen molar-refractivity contribution in [3.63, 3.8) is 0 Å². The van der Waals surface area contributed by atoms with Gasteiger partial charge in [0.05, 0.1) is 31.6 Å². The molecule has 0 saturated carbocycles. The molecule has 1 amide bonds. The van der Waals surface area contributed by atoms with E-state index in [4.69, 9.17) is 18.4 Å². The number of hydrogen-bond donors (Lipinski definition) is 3. The number of ketones is 2. The van der Waals surface area contributed by atoms with Crippen LogP contribution >= 0.6 is 27.0 Å². The SMILES string of the molecule is CC(C)N.CC(C)NC(=O)[C@@H](CC(=O)c1nc(-c2ccccc2)n2c1CN(C)CCC2)C(C)(C)C.CN1CCCn2c(-c3ccccc3)nc(C(=O)C[C@H](C(=O)O)C(C)(C)C)c2C1.S.S.[3H][B][3H].[U]. The number of hydrogen-bond acceptors (Lipinski definition) is 9. The molecule has 0 unspecified atom stereocenters. The van der Waals surface area contributed by atoms with Crippen LogP contribution in [0.2, 0.25) is 0 Å². The zero-order chi connectivity index (χ0) is 49.5. The standard InChI is InChI=1S/C25H36N4O2.C22H29N3O3.C3H9N.BH2.2H2S.U/c1-17(2)26-24(31)19(25(3,4)5)15-21(30)22-20-16-28(6)13-10-14-29(20)23(27-22)18-11-8-7-9-12-18;1-22(2,3)16(21(27)28)13-18(26)19-17-14-24(4)11-8-12-25(17)20(23-19)15-9-6-5-7-10-15;1-3(2)4;;;;/h7-9,11-12,17,19H,10,13-16H2,1-6H3,(H,26,31);5-7,9-10,16H,8,11-14H2,1-4H3,(H,27,28);3H,4H2,1-2H3;3*1H2;/t19-;16-;;;;;/m11...../s1/i;;;1T2;;;. The summed E-state index contributed by atoms with van der Waals surface area (Å²) in [6, 6.07) is 20.3. The Bertz CT molecular complexity index is 2200. The van der Waals surface area contributed by atoms with E-state index in [1.807, 2.05) is 137 Å². The molecule has 13 nitrogen and oxygen atoms in total. The molecule has 0 bridgehead atoms. The number of carboxylic acid groups (broad SMARTS) is 1. The van der Waals surface area contributed by atoms with Crippen LogP contribution in [0.5, 0.6) is 0 Å². The van der Waals surface area contributed by atoms with Crippen LogP contribution in [0, 0.1) is 53.8 Å². The summed E-state index contributed by atoms with van der Waals surface area (Å²) in [4.78, 5) is 65.4. The van der Waals surface area contributed by atoms with Crippen molar-refractivity contribution in [3.05, 3.63) is 83.4 Å². The van der Waals surface area contributed by atoms with Gasteiger partial charge in [-0.05, 0) is 73.4 Å². The summed E-state index contributed by atoms with van der Waals surface area (Å²) in [7, 11) is 4.61. The number of carbonyl (C=O) groups excluding carboxylic acids is 3. The van der Waals surface area contributed by atoms with Crippen molar-refractivity contribution >= 4 is 58.8 Å². The second-order valence-corrected chi connectivity index (χ2v) is 20.0. The summed E-state index contributed by atoms with van der Waals surface area (Å²) in [6.45, 7) is 24.3. The molecule has 17 heteroatoms. The maximum atomic E-state index is 13.6. The van der Waals surface area contributed by atoms with Crippen LogP contribution in [-0.2, 0) is 35.8 Å². The van der Waals surface area contributed by atoms with Gasteiger partial charge in [-0.1, -0.05) is 116 Å². The quantitative estimate of drug-likeness (QED) is 0.101. The van der Waals surface area contributed by atoms with Crippen LogP contribution in [0.3, 0.4) is 0 Å². The summed E-state index contributed by atoms with van der Waals surface area (Å²) in [6.07, 6.45) is 2.10. The molecule has 6 rings (SSSR count). The molecule has 2 atom stereocenters.